The molecule has 0 saturated heterocycles. The van der Waals surface area contributed by atoms with Crippen LogP contribution >= 0.6 is 22.9 Å². The molecule has 4 heteroatoms. The van der Waals surface area contributed by atoms with Crippen LogP contribution < -0.4 is 10.2 Å². The predicted molar refractivity (Wildman–Crippen MR) is 89.4 cm³/mol. The molecule has 1 aliphatic carbocycles. The van der Waals surface area contributed by atoms with E-state index >= 15 is 0 Å². The molecule has 1 N–H and O–H groups in total. The van der Waals surface area contributed by atoms with Crippen molar-refractivity contribution in [1.82, 2.24) is 0 Å². The number of rotatable bonds is 3. The number of halogens is 1. The lowest BCUT2D eigenvalue weighted by atomic mass is 9.94. The van der Waals surface area contributed by atoms with E-state index in [0.717, 1.165) is 16.4 Å². The van der Waals surface area contributed by atoms with Crippen LogP contribution in [0.1, 0.15) is 29.3 Å². The zero-order chi connectivity index (χ0) is 14.1. The van der Waals surface area contributed by atoms with Crippen LogP contribution in [0.15, 0.2) is 29.6 Å². The quantitative estimate of drug-likeness (QED) is 0.862. The maximum Gasteiger partial charge on any atom is 0.0659 e. The molecule has 20 heavy (non-hydrogen) atoms. The molecule has 2 nitrogen and oxygen atoms in total. The van der Waals surface area contributed by atoms with Gasteiger partial charge in [-0.1, -0.05) is 11.6 Å². The average Bonchev–Trinajstić information content (AvgIpc) is 2.87. The molecule has 0 amide bonds. The third kappa shape index (κ3) is 2.65. The van der Waals surface area contributed by atoms with E-state index in [1.54, 1.807) is 0 Å². The van der Waals surface area contributed by atoms with E-state index in [0.29, 0.717) is 6.04 Å². The van der Waals surface area contributed by atoms with Crippen molar-refractivity contribution in [2.24, 2.45) is 0 Å². The Morgan fingerprint density at radius 1 is 1.30 bits per heavy atom. The molecule has 0 saturated carbocycles. The molecule has 0 aliphatic heterocycles. The van der Waals surface area contributed by atoms with Crippen molar-refractivity contribution in [3.05, 3.63) is 45.1 Å². The summed E-state index contributed by atoms with van der Waals surface area (Å²) in [5.74, 6) is 0. The van der Waals surface area contributed by atoms with Crippen molar-refractivity contribution < 1.29 is 0 Å². The summed E-state index contributed by atoms with van der Waals surface area (Å²) < 4.78 is 0. The first-order chi connectivity index (χ1) is 9.65. The number of hydrogen-bond donors (Lipinski definition) is 1. The highest BCUT2D eigenvalue weighted by Gasteiger charge is 2.21. The largest absolute Gasteiger partial charge is 0.378 e. The Balaban J connectivity index is 1.81. The van der Waals surface area contributed by atoms with Crippen molar-refractivity contribution in [1.29, 1.82) is 0 Å². The molecule has 2 aromatic rings. The fourth-order valence-corrected chi connectivity index (χ4v) is 4.13. The normalized spacial score (nSPS) is 17.6. The Bertz CT molecular complexity index is 606. The monoisotopic (exact) mass is 306 g/mol. The molecule has 1 aromatic heterocycles. The highest BCUT2D eigenvalue weighted by atomic mass is 35.5. The summed E-state index contributed by atoms with van der Waals surface area (Å²) in [5.41, 5.74) is 3.62. The maximum atomic E-state index is 6.34. The van der Waals surface area contributed by atoms with E-state index in [9.17, 15) is 0 Å². The second-order valence-corrected chi connectivity index (χ2v) is 6.86. The highest BCUT2D eigenvalue weighted by molar-refractivity contribution is 7.10. The summed E-state index contributed by atoms with van der Waals surface area (Å²) in [7, 11) is 4.01. The van der Waals surface area contributed by atoms with E-state index in [4.69, 9.17) is 11.6 Å². The number of hydrogen-bond acceptors (Lipinski definition) is 3. The summed E-state index contributed by atoms with van der Waals surface area (Å²) >= 11 is 8.22. The minimum Gasteiger partial charge on any atom is -0.378 e. The number of nitrogens with zero attached hydrogens (tertiary/aromatic N) is 1. The van der Waals surface area contributed by atoms with Gasteiger partial charge in [0.15, 0.2) is 0 Å². The fraction of sp³-hybridized carbons (Fsp3) is 0.375. The molecule has 1 aliphatic rings. The molecular weight excluding hydrogens is 288 g/mol. The SMILES string of the molecule is CN(C)c1ccc(NC2CCCc3sccc32)cc1Cl. The zero-order valence-corrected chi connectivity index (χ0v) is 13.4. The third-order valence-electron chi connectivity index (χ3n) is 3.82. The summed E-state index contributed by atoms with van der Waals surface area (Å²) in [6.45, 7) is 0. The van der Waals surface area contributed by atoms with E-state index < -0.39 is 0 Å². The summed E-state index contributed by atoms with van der Waals surface area (Å²) in [5, 5.41) is 6.63. The van der Waals surface area contributed by atoms with Crippen molar-refractivity contribution in [3.63, 3.8) is 0 Å². The first kappa shape index (κ1) is 13.8. The molecule has 0 fully saturated rings. The van der Waals surface area contributed by atoms with E-state index in [1.165, 1.54) is 29.7 Å². The first-order valence-electron chi connectivity index (χ1n) is 6.95. The van der Waals surface area contributed by atoms with Gasteiger partial charge in [-0.2, -0.15) is 0 Å². The van der Waals surface area contributed by atoms with E-state index in [-0.39, 0.29) is 0 Å². The van der Waals surface area contributed by atoms with Crippen LogP contribution in [0.3, 0.4) is 0 Å². The molecule has 0 bridgehead atoms. The number of aryl methyl sites for hydroxylation is 1. The summed E-state index contributed by atoms with van der Waals surface area (Å²) in [6, 6.07) is 8.89. The zero-order valence-electron chi connectivity index (χ0n) is 11.8. The van der Waals surface area contributed by atoms with Gasteiger partial charge in [-0.05, 0) is 54.5 Å². The van der Waals surface area contributed by atoms with Gasteiger partial charge in [0.2, 0.25) is 0 Å². The lowest BCUT2D eigenvalue weighted by Gasteiger charge is -2.25. The number of thiophene rings is 1. The van der Waals surface area contributed by atoms with Crippen molar-refractivity contribution >= 4 is 34.3 Å². The van der Waals surface area contributed by atoms with Crippen LogP contribution in [0.25, 0.3) is 0 Å². The average molecular weight is 307 g/mol. The standard InChI is InChI=1S/C16H19ClN2S/c1-19(2)15-7-6-11(10-13(15)17)18-14-4-3-5-16-12(14)8-9-20-16/h6-10,14,18H,3-5H2,1-2H3. The van der Waals surface area contributed by atoms with Crippen LogP contribution in [0.2, 0.25) is 5.02 Å². The van der Waals surface area contributed by atoms with Gasteiger partial charge in [0.1, 0.15) is 0 Å². The molecule has 1 atom stereocenters. The van der Waals surface area contributed by atoms with Gasteiger partial charge in [0, 0.05) is 24.7 Å². The van der Waals surface area contributed by atoms with Gasteiger partial charge in [0.25, 0.3) is 0 Å². The van der Waals surface area contributed by atoms with Crippen molar-refractivity contribution in [3.8, 4) is 0 Å². The Morgan fingerprint density at radius 2 is 2.15 bits per heavy atom. The highest BCUT2D eigenvalue weighted by Crippen LogP contribution is 2.36. The van der Waals surface area contributed by atoms with E-state index in [1.807, 2.05) is 36.4 Å². The van der Waals surface area contributed by atoms with Crippen LogP contribution in [0, 0.1) is 0 Å². The number of fused-ring (bicyclic) bond motifs is 1. The van der Waals surface area contributed by atoms with Gasteiger partial charge in [-0.3, -0.25) is 0 Å². The third-order valence-corrected chi connectivity index (χ3v) is 5.12. The number of nitrogens with one attached hydrogen (secondary N) is 1. The van der Waals surface area contributed by atoms with Gasteiger partial charge in [0.05, 0.1) is 16.8 Å². The van der Waals surface area contributed by atoms with Crippen molar-refractivity contribution in [2.45, 2.75) is 25.3 Å². The summed E-state index contributed by atoms with van der Waals surface area (Å²) in [6.07, 6.45) is 3.68. The van der Waals surface area contributed by atoms with Gasteiger partial charge in [-0.25, -0.2) is 0 Å². The number of benzene rings is 1. The molecule has 1 unspecified atom stereocenters. The Kier molecular flexibility index (Phi) is 3.90. The van der Waals surface area contributed by atoms with Gasteiger partial charge >= 0.3 is 0 Å². The lowest BCUT2D eigenvalue weighted by Crippen LogP contribution is -2.16. The van der Waals surface area contributed by atoms with Crippen LogP contribution in [-0.4, -0.2) is 14.1 Å². The second kappa shape index (κ2) is 5.66. The van der Waals surface area contributed by atoms with Gasteiger partial charge < -0.3 is 10.2 Å². The molecule has 0 radical (unpaired) electrons. The van der Waals surface area contributed by atoms with Crippen LogP contribution in [0.4, 0.5) is 11.4 Å². The maximum absolute atomic E-state index is 6.34. The minimum atomic E-state index is 0.422. The minimum absolute atomic E-state index is 0.422. The Labute approximate surface area is 129 Å². The predicted octanol–water partition coefficient (Wildman–Crippen LogP) is 4.96. The van der Waals surface area contributed by atoms with Crippen LogP contribution in [-0.2, 0) is 6.42 Å². The molecule has 0 spiro atoms. The molecule has 3 rings (SSSR count). The molecular formula is C16H19ClN2S. The smallest absolute Gasteiger partial charge is 0.0659 e. The van der Waals surface area contributed by atoms with E-state index in [2.05, 4.69) is 28.9 Å². The molecule has 106 valence electrons. The van der Waals surface area contributed by atoms with Gasteiger partial charge in [-0.15, -0.1) is 11.3 Å². The molecule has 1 heterocycles. The Morgan fingerprint density at radius 3 is 2.90 bits per heavy atom. The lowest BCUT2D eigenvalue weighted by molar-refractivity contribution is 0.609. The topological polar surface area (TPSA) is 15.3 Å². The van der Waals surface area contributed by atoms with Crippen molar-refractivity contribution in [2.75, 3.05) is 24.3 Å². The van der Waals surface area contributed by atoms with Crippen LogP contribution in [0.5, 0.6) is 0 Å². The second-order valence-electron chi connectivity index (χ2n) is 5.45. The summed E-state index contributed by atoms with van der Waals surface area (Å²) in [4.78, 5) is 3.56. The Hall–Kier alpha value is -1.19. The fourth-order valence-electron chi connectivity index (χ4n) is 2.80. The molecule has 1 aromatic carbocycles. The number of anilines is 2. The first-order valence-corrected chi connectivity index (χ1v) is 8.20.